The van der Waals surface area contributed by atoms with E-state index in [1.165, 1.54) is 0 Å². The van der Waals surface area contributed by atoms with Gasteiger partial charge in [0.25, 0.3) is 0 Å². The SMILES string of the molecule is CCCN(C(C)C)S(=O)(=O)c1cc(CN)n(C2CC2)c1. The number of nitrogens with two attached hydrogens (primary N) is 1. The zero-order valence-corrected chi connectivity index (χ0v) is 13.4. The fourth-order valence-electron chi connectivity index (χ4n) is 2.51. The molecule has 5 nitrogen and oxygen atoms in total. The van der Waals surface area contributed by atoms with Gasteiger partial charge in [0, 0.05) is 37.1 Å². The van der Waals surface area contributed by atoms with Crippen LogP contribution in [0.4, 0.5) is 0 Å². The lowest BCUT2D eigenvalue weighted by Gasteiger charge is -2.24. The molecule has 0 radical (unpaired) electrons. The third-order valence-electron chi connectivity index (χ3n) is 3.68. The Bertz CT molecular complexity index is 559. The molecule has 0 aromatic carbocycles. The van der Waals surface area contributed by atoms with Crippen molar-refractivity contribution < 1.29 is 8.42 Å². The van der Waals surface area contributed by atoms with Crippen molar-refractivity contribution in [1.82, 2.24) is 8.87 Å². The van der Waals surface area contributed by atoms with Gasteiger partial charge in [0.15, 0.2) is 0 Å². The Morgan fingerprint density at radius 3 is 2.55 bits per heavy atom. The predicted molar refractivity (Wildman–Crippen MR) is 79.9 cm³/mol. The second kappa shape index (κ2) is 5.87. The average Bonchev–Trinajstić information content (AvgIpc) is 3.13. The van der Waals surface area contributed by atoms with Crippen molar-refractivity contribution in [2.75, 3.05) is 6.54 Å². The van der Waals surface area contributed by atoms with Crippen LogP contribution in [-0.4, -0.2) is 29.9 Å². The van der Waals surface area contributed by atoms with Gasteiger partial charge in [-0.25, -0.2) is 8.42 Å². The molecule has 1 heterocycles. The molecular weight excluding hydrogens is 274 g/mol. The molecule has 1 aromatic rings. The molecule has 1 aliphatic carbocycles. The van der Waals surface area contributed by atoms with Crippen LogP contribution < -0.4 is 5.73 Å². The molecule has 0 aliphatic heterocycles. The summed E-state index contributed by atoms with van der Waals surface area (Å²) < 4.78 is 29.1. The highest BCUT2D eigenvalue weighted by Crippen LogP contribution is 2.37. The second-order valence-electron chi connectivity index (χ2n) is 5.72. The summed E-state index contributed by atoms with van der Waals surface area (Å²) >= 11 is 0. The van der Waals surface area contributed by atoms with E-state index in [1.54, 1.807) is 16.6 Å². The Hall–Kier alpha value is -0.850. The molecule has 20 heavy (non-hydrogen) atoms. The molecule has 0 amide bonds. The molecule has 0 bridgehead atoms. The van der Waals surface area contributed by atoms with Crippen LogP contribution in [0.25, 0.3) is 0 Å². The number of nitrogens with zero attached hydrogens (tertiary/aromatic N) is 2. The Morgan fingerprint density at radius 2 is 2.10 bits per heavy atom. The molecule has 2 N–H and O–H groups in total. The van der Waals surface area contributed by atoms with Crippen molar-refractivity contribution in [2.24, 2.45) is 5.73 Å². The van der Waals surface area contributed by atoms with Crippen LogP contribution in [0.2, 0.25) is 0 Å². The van der Waals surface area contributed by atoms with Gasteiger partial charge in [0.2, 0.25) is 10.0 Å². The molecule has 0 unspecified atom stereocenters. The highest BCUT2D eigenvalue weighted by Gasteiger charge is 2.31. The molecule has 1 aliphatic rings. The molecule has 6 heteroatoms. The number of aromatic nitrogens is 1. The molecule has 1 fully saturated rings. The van der Waals surface area contributed by atoms with Crippen molar-refractivity contribution in [1.29, 1.82) is 0 Å². The zero-order chi connectivity index (χ0) is 14.9. The van der Waals surface area contributed by atoms with E-state index in [9.17, 15) is 8.42 Å². The van der Waals surface area contributed by atoms with Crippen LogP contribution in [0.15, 0.2) is 17.2 Å². The Labute approximate surface area is 121 Å². The van der Waals surface area contributed by atoms with Gasteiger partial charge in [-0.3, -0.25) is 0 Å². The smallest absolute Gasteiger partial charge is 0.244 e. The van der Waals surface area contributed by atoms with E-state index in [1.807, 2.05) is 25.3 Å². The summed E-state index contributed by atoms with van der Waals surface area (Å²) in [5.41, 5.74) is 6.65. The van der Waals surface area contributed by atoms with Crippen molar-refractivity contribution in [3.63, 3.8) is 0 Å². The maximum Gasteiger partial charge on any atom is 0.244 e. The first-order valence-electron chi connectivity index (χ1n) is 7.34. The third kappa shape index (κ3) is 2.92. The third-order valence-corrected chi connectivity index (χ3v) is 5.72. The van der Waals surface area contributed by atoms with E-state index in [0.29, 0.717) is 24.0 Å². The average molecular weight is 299 g/mol. The topological polar surface area (TPSA) is 68.3 Å². The lowest BCUT2D eigenvalue weighted by molar-refractivity contribution is 0.354. The summed E-state index contributed by atoms with van der Waals surface area (Å²) in [6.07, 6.45) is 4.80. The zero-order valence-electron chi connectivity index (χ0n) is 12.5. The number of hydrogen-bond donors (Lipinski definition) is 1. The normalized spacial score (nSPS) is 16.3. The minimum Gasteiger partial charge on any atom is -0.346 e. The quantitative estimate of drug-likeness (QED) is 0.838. The van der Waals surface area contributed by atoms with Gasteiger partial charge in [-0.1, -0.05) is 6.92 Å². The van der Waals surface area contributed by atoms with E-state index in [2.05, 4.69) is 0 Å². The van der Waals surface area contributed by atoms with Crippen LogP contribution in [-0.2, 0) is 16.6 Å². The fourth-order valence-corrected chi connectivity index (χ4v) is 4.29. The molecule has 0 spiro atoms. The number of hydrogen-bond acceptors (Lipinski definition) is 3. The summed E-state index contributed by atoms with van der Waals surface area (Å²) in [5, 5.41) is 0. The molecule has 0 saturated heterocycles. The van der Waals surface area contributed by atoms with Crippen LogP contribution in [0, 0.1) is 0 Å². The van der Waals surface area contributed by atoms with Crippen molar-refractivity contribution in [3.8, 4) is 0 Å². The molecular formula is C14H25N3O2S. The summed E-state index contributed by atoms with van der Waals surface area (Å²) in [6, 6.07) is 2.14. The fraction of sp³-hybridized carbons (Fsp3) is 0.714. The standard InChI is InChI=1S/C14H25N3O2S/c1-4-7-17(11(2)3)20(18,19)14-8-13(9-15)16(10-14)12-5-6-12/h8,10-12H,4-7,9,15H2,1-3H3. The van der Waals surface area contributed by atoms with E-state index >= 15 is 0 Å². The van der Waals surface area contributed by atoms with Crippen LogP contribution in [0.5, 0.6) is 0 Å². The highest BCUT2D eigenvalue weighted by atomic mass is 32.2. The van der Waals surface area contributed by atoms with Crippen molar-refractivity contribution in [3.05, 3.63) is 18.0 Å². The number of sulfonamides is 1. The Balaban J connectivity index is 2.37. The largest absolute Gasteiger partial charge is 0.346 e. The highest BCUT2D eigenvalue weighted by molar-refractivity contribution is 7.89. The van der Waals surface area contributed by atoms with Gasteiger partial charge >= 0.3 is 0 Å². The van der Waals surface area contributed by atoms with Gasteiger partial charge in [-0.15, -0.1) is 0 Å². The second-order valence-corrected chi connectivity index (χ2v) is 7.61. The predicted octanol–water partition coefficient (Wildman–Crippen LogP) is 2.09. The van der Waals surface area contributed by atoms with Gasteiger partial charge in [-0.05, 0) is 39.2 Å². The number of rotatable bonds is 7. The van der Waals surface area contributed by atoms with Gasteiger partial charge in [0.1, 0.15) is 4.90 Å². The van der Waals surface area contributed by atoms with Crippen LogP contribution >= 0.6 is 0 Å². The van der Waals surface area contributed by atoms with Crippen molar-refractivity contribution >= 4 is 10.0 Å². The molecule has 1 aromatic heterocycles. The molecule has 114 valence electrons. The Morgan fingerprint density at radius 1 is 1.45 bits per heavy atom. The molecule has 1 saturated carbocycles. The van der Waals surface area contributed by atoms with E-state index in [-0.39, 0.29) is 6.04 Å². The minimum atomic E-state index is -3.42. The molecule has 0 atom stereocenters. The molecule has 2 rings (SSSR count). The summed E-state index contributed by atoms with van der Waals surface area (Å²) in [6.45, 7) is 6.74. The maximum absolute atomic E-state index is 12.8. The summed E-state index contributed by atoms with van der Waals surface area (Å²) in [4.78, 5) is 0.381. The summed E-state index contributed by atoms with van der Waals surface area (Å²) in [7, 11) is -3.42. The lowest BCUT2D eigenvalue weighted by atomic mass is 10.4. The van der Waals surface area contributed by atoms with E-state index in [0.717, 1.165) is 25.0 Å². The maximum atomic E-state index is 12.8. The van der Waals surface area contributed by atoms with Gasteiger partial charge < -0.3 is 10.3 Å². The van der Waals surface area contributed by atoms with E-state index in [4.69, 9.17) is 5.73 Å². The minimum absolute atomic E-state index is 0.0365. The lowest BCUT2D eigenvalue weighted by Crippen LogP contribution is -2.37. The van der Waals surface area contributed by atoms with E-state index < -0.39 is 10.0 Å². The Kier molecular flexibility index (Phi) is 4.56. The van der Waals surface area contributed by atoms with Gasteiger partial charge in [-0.2, -0.15) is 4.31 Å². The summed E-state index contributed by atoms with van der Waals surface area (Å²) in [5.74, 6) is 0. The first-order valence-corrected chi connectivity index (χ1v) is 8.78. The van der Waals surface area contributed by atoms with Crippen LogP contribution in [0.3, 0.4) is 0 Å². The van der Waals surface area contributed by atoms with Crippen LogP contribution in [0.1, 0.15) is 51.8 Å². The first kappa shape index (κ1) is 15.5. The van der Waals surface area contributed by atoms with Crippen molar-refractivity contribution in [2.45, 2.75) is 63.6 Å². The van der Waals surface area contributed by atoms with Gasteiger partial charge in [0.05, 0.1) is 0 Å². The first-order chi connectivity index (χ1) is 9.41. The monoisotopic (exact) mass is 299 g/mol.